The Morgan fingerprint density at radius 1 is 1.37 bits per heavy atom. The molecular formula is C11H12F3N5. The van der Waals surface area contributed by atoms with Crippen LogP contribution in [0.25, 0.3) is 0 Å². The van der Waals surface area contributed by atoms with Gasteiger partial charge < -0.3 is 11.1 Å². The lowest BCUT2D eigenvalue weighted by Crippen LogP contribution is -2.12. The van der Waals surface area contributed by atoms with E-state index in [2.05, 4.69) is 20.5 Å². The molecule has 0 fully saturated rings. The summed E-state index contributed by atoms with van der Waals surface area (Å²) in [6, 6.07) is 3.38. The number of hydrogen-bond donors (Lipinski definition) is 3. The van der Waals surface area contributed by atoms with Gasteiger partial charge in [-0.1, -0.05) is 0 Å². The first kappa shape index (κ1) is 13.2. The van der Waals surface area contributed by atoms with Crippen molar-refractivity contribution in [3.05, 3.63) is 35.9 Å². The first-order valence-corrected chi connectivity index (χ1v) is 5.46. The number of anilines is 2. The standard InChI is InChI=1S/C11H12F3N5/c1-6(10-16-5-17-19-10)18-7-2-3-9(15)8(4-7)11(12,13)14/h2-6,18H,15H2,1H3,(H,16,17,19). The van der Waals surface area contributed by atoms with Crippen molar-refractivity contribution in [1.29, 1.82) is 0 Å². The molecule has 0 bridgehead atoms. The van der Waals surface area contributed by atoms with Crippen LogP contribution in [0, 0.1) is 0 Å². The molecule has 5 nitrogen and oxygen atoms in total. The van der Waals surface area contributed by atoms with Crippen molar-refractivity contribution in [2.24, 2.45) is 0 Å². The molecule has 0 aliphatic carbocycles. The van der Waals surface area contributed by atoms with Crippen molar-refractivity contribution in [1.82, 2.24) is 15.2 Å². The van der Waals surface area contributed by atoms with Gasteiger partial charge in [-0.3, -0.25) is 5.10 Å². The maximum atomic E-state index is 12.7. The van der Waals surface area contributed by atoms with Gasteiger partial charge in [-0.25, -0.2) is 4.98 Å². The second-order valence-corrected chi connectivity index (χ2v) is 4.04. The van der Waals surface area contributed by atoms with E-state index >= 15 is 0 Å². The average molecular weight is 271 g/mol. The van der Waals surface area contributed by atoms with Crippen molar-refractivity contribution in [3.63, 3.8) is 0 Å². The third kappa shape index (κ3) is 2.95. The fraction of sp³-hybridized carbons (Fsp3) is 0.273. The van der Waals surface area contributed by atoms with Gasteiger partial charge in [0, 0.05) is 11.4 Å². The van der Waals surface area contributed by atoms with Crippen LogP contribution >= 0.6 is 0 Å². The molecule has 2 aromatic rings. The van der Waals surface area contributed by atoms with Crippen LogP contribution in [0.5, 0.6) is 0 Å². The normalized spacial score (nSPS) is 13.3. The molecule has 2 rings (SSSR count). The zero-order chi connectivity index (χ0) is 14.0. The smallest absolute Gasteiger partial charge is 0.398 e. The van der Waals surface area contributed by atoms with Crippen LogP contribution in [0.4, 0.5) is 24.5 Å². The van der Waals surface area contributed by atoms with E-state index in [0.717, 1.165) is 6.07 Å². The van der Waals surface area contributed by atoms with E-state index in [1.165, 1.54) is 18.5 Å². The van der Waals surface area contributed by atoms with Crippen LogP contribution in [0.1, 0.15) is 24.4 Å². The molecule has 19 heavy (non-hydrogen) atoms. The molecule has 1 atom stereocenters. The number of nitrogens with one attached hydrogen (secondary N) is 2. The number of H-pyrrole nitrogens is 1. The molecule has 0 aliphatic rings. The Balaban J connectivity index is 2.22. The zero-order valence-electron chi connectivity index (χ0n) is 9.99. The summed E-state index contributed by atoms with van der Waals surface area (Å²) in [6.45, 7) is 1.75. The van der Waals surface area contributed by atoms with Crippen molar-refractivity contribution >= 4 is 11.4 Å². The van der Waals surface area contributed by atoms with Gasteiger partial charge in [-0.05, 0) is 25.1 Å². The van der Waals surface area contributed by atoms with Crippen molar-refractivity contribution < 1.29 is 13.2 Å². The number of nitrogens with two attached hydrogens (primary N) is 1. The van der Waals surface area contributed by atoms with Crippen LogP contribution in [0.3, 0.4) is 0 Å². The summed E-state index contributed by atoms with van der Waals surface area (Å²) in [4.78, 5) is 3.92. The van der Waals surface area contributed by atoms with Crippen LogP contribution in [-0.4, -0.2) is 15.2 Å². The predicted octanol–water partition coefficient (Wildman–Crippen LogP) is 2.58. The Bertz CT molecular complexity index is 550. The number of benzene rings is 1. The molecule has 0 amide bonds. The van der Waals surface area contributed by atoms with Gasteiger partial charge in [0.05, 0.1) is 11.6 Å². The summed E-state index contributed by atoms with van der Waals surface area (Å²) < 4.78 is 38.1. The van der Waals surface area contributed by atoms with Gasteiger partial charge >= 0.3 is 6.18 Å². The fourth-order valence-electron chi connectivity index (χ4n) is 1.63. The summed E-state index contributed by atoms with van der Waals surface area (Å²) in [7, 11) is 0. The SMILES string of the molecule is CC(Nc1ccc(N)c(C(F)(F)F)c1)c1ncn[nH]1. The van der Waals surface area contributed by atoms with E-state index in [9.17, 15) is 13.2 Å². The first-order chi connectivity index (χ1) is 8.88. The minimum atomic E-state index is -4.47. The third-order valence-electron chi connectivity index (χ3n) is 2.59. The zero-order valence-corrected chi connectivity index (χ0v) is 9.99. The van der Waals surface area contributed by atoms with E-state index in [-0.39, 0.29) is 11.7 Å². The van der Waals surface area contributed by atoms with Crippen molar-refractivity contribution in [2.75, 3.05) is 11.1 Å². The molecule has 8 heteroatoms. The lowest BCUT2D eigenvalue weighted by Gasteiger charge is -2.16. The molecule has 1 aromatic heterocycles. The number of halogens is 3. The van der Waals surface area contributed by atoms with Gasteiger partial charge in [0.2, 0.25) is 0 Å². The maximum absolute atomic E-state index is 12.7. The first-order valence-electron chi connectivity index (χ1n) is 5.46. The van der Waals surface area contributed by atoms with E-state index in [0.29, 0.717) is 11.5 Å². The van der Waals surface area contributed by atoms with Crippen LogP contribution in [0.15, 0.2) is 24.5 Å². The summed E-state index contributed by atoms with van der Waals surface area (Å²) >= 11 is 0. The highest BCUT2D eigenvalue weighted by molar-refractivity contribution is 5.58. The lowest BCUT2D eigenvalue weighted by atomic mass is 10.1. The van der Waals surface area contributed by atoms with Gasteiger partial charge in [0.25, 0.3) is 0 Å². The Kier molecular flexibility index (Phi) is 3.32. The number of alkyl halides is 3. The number of nitrogens with zero attached hydrogens (tertiary/aromatic N) is 2. The second-order valence-electron chi connectivity index (χ2n) is 4.04. The number of rotatable bonds is 3. The highest BCUT2D eigenvalue weighted by atomic mass is 19.4. The monoisotopic (exact) mass is 271 g/mol. The Morgan fingerprint density at radius 3 is 2.68 bits per heavy atom. The third-order valence-corrected chi connectivity index (χ3v) is 2.59. The van der Waals surface area contributed by atoms with Crippen LogP contribution in [0.2, 0.25) is 0 Å². The van der Waals surface area contributed by atoms with E-state index in [1.807, 2.05) is 0 Å². The number of hydrogen-bond acceptors (Lipinski definition) is 4. The van der Waals surface area contributed by atoms with Crippen molar-refractivity contribution in [2.45, 2.75) is 19.1 Å². The lowest BCUT2D eigenvalue weighted by molar-refractivity contribution is -0.136. The minimum absolute atomic E-state index is 0.299. The Labute approximate surface area is 107 Å². The Hall–Kier alpha value is -2.25. The number of aromatic amines is 1. The summed E-state index contributed by atoms with van der Waals surface area (Å²) in [5, 5.41) is 9.22. The molecule has 0 aliphatic heterocycles. The molecule has 0 saturated carbocycles. The van der Waals surface area contributed by atoms with Gasteiger partial charge in [-0.2, -0.15) is 18.3 Å². The van der Waals surface area contributed by atoms with Crippen LogP contribution in [-0.2, 0) is 6.18 Å². The van der Waals surface area contributed by atoms with Crippen LogP contribution < -0.4 is 11.1 Å². The number of nitrogen functional groups attached to an aromatic ring is 1. The van der Waals surface area contributed by atoms with Gasteiger partial charge in [0.15, 0.2) is 0 Å². The largest absolute Gasteiger partial charge is 0.418 e. The fourth-order valence-corrected chi connectivity index (χ4v) is 1.63. The Morgan fingerprint density at radius 2 is 2.11 bits per heavy atom. The highest BCUT2D eigenvalue weighted by Crippen LogP contribution is 2.35. The van der Waals surface area contributed by atoms with E-state index in [1.54, 1.807) is 6.92 Å². The quantitative estimate of drug-likeness (QED) is 0.749. The summed E-state index contributed by atoms with van der Waals surface area (Å²) in [5.41, 5.74) is 4.48. The molecule has 0 radical (unpaired) electrons. The van der Waals surface area contributed by atoms with Gasteiger partial charge in [-0.15, -0.1) is 0 Å². The topological polar surface area (TPSA) is 79.6 Å². The average Bonchev–Trinajstić information content (AvgIpc) is 2.83. The maximum Gasteiger partial charge on any atom is 0.418 e. The molecule has 0 spiro atoms. The molecule has 4 N–H and O–H groups in total. The number of aromatic nitrogens is 3. The molecule has 102 valence electrons. The molecule has 1 aromatic carbocycles. The molecular weight excluding hydrogens is 259 g/mol. The summed E-state index contributed by atoms with van der Waals surface area (Å²) in [6.07, 6.45) is -3.14. The summed E-state index contributed by atoms with van der Waals surface area (Å²) in [5.74, 6) is 0.533. The molecule has 0 saturated heterocycles. The van der Waals surface area contributed by atoms with Gasteiger partial charge in [0.1, 0.15) is 12.2 Å². The second kappa shape index (κ2) is 4.79. The van der Waals surface area contributed by atoms with E-state index in [4.69, 9.17) is 5.73 Å². The predicted molar refractivity (Wildman–Crippen MR) is 64.3 cm³/mol. The van der Waals surface area contributed by atoms with E-state index < -0.39 is 11.7 Å². The minimum Gasteiger partial charge on any atom is -0.398 e. The highest BCUT2D eigenvalue weighted by Gasteiger charge is 2.33. The molecule has 1 unspecified atom stereocenters. The van der Waals surface area contributed by atoms with Crippen molar-refractivity contribution in [3.8, 4) is 0 Å². The molecule has 1 heterocycles.